The van der Waals surface area contributed by atoms with Crippen LogP contribution in [0.2, 0.25) is 0 Å². The van der Waals surface area contributed by atoms with Crippen LogP contribution in [0.1, 0.15) is 5.56 Å². The maximum Gasteiger partial charge on any atom is 0.0991 e. The molecule has 3 nitrogen and oxygen atoms in total. The van der Waals surface area contributed by atoms with Gasteiger partial charge in [-0.2, -0.15) is 5.26 Å². The zero-order valence-electron chi connectivity index (χ0n) is 25.2. The molecule has 0 fully saturated rings. The van der Waals surface area contributed by atoms with Gasteiger partial charge in [-0.05, 0) is 54.6 Å². The fourth-order valence-corrected chi connectivity index (χ4v) is 8.72. The lowest BCUT2D eigenvalue weighted by Gasteiger charge is -2.18. The standard InChI is InChI=1S/C43H25N3S/c44-26-27-21-23-39-34(25-27)31-14-4-7-17-36(31)45(39)35-16-6-1-11-28(35)29-12-2-8-18-37(29)46-38-19-9-3-13-30(38)32-22-24-41-42(43(32)46)33-15-5-10-20-40(33)47-41/h1-25H. The van der Waals surface area contributed by atoms with Gasteiger partial charge in [0.25, 0.3) is 0 Å². The van der Waals surface area contributed by atoms with E-state index in [0.29, 0.717) is 5.56 Å². The second-order valence-electron chi connectivity index (χ2n) is 12.0. The summed E-state index contributed by atoms with van der Waals surface area (Å²) in [5.41, 5.74) is 9.83. The number of aromatic nitrogens is 2. The number of fused-ring (bicyclic) bond motifs is 10. The zero-order chi connectivity index (χ0) is 31.1. The van der Waals surface area contributed by atoms with Gasteiger partial charge in [0.15, 0.2) is 0 Å². The van der Waals surface area contributed by atoms with Crippen molar-refractivity contribution in [2.45, 2.75) is 0 Å². The Balaban J connectivity index is 1.33. The summed E-state index contributed by atoms with van der Waals surface area (Å²) in [6, 6.07) is 56.5. The first kappa shape index (κ1) is 26.1. The number of benzene rings is 7. The molecule has 0 aliphatic carbocycles. The quantitative estimate of drug-likeness (QED) is 0.195. The van der Waals surface area contributed by atoms with E-state index in [1.54, 1.807) is 0 Å². The Bertz CT molecular complexity index is 2930. The minimum Gasteiger partial charge on any atom is -0.309 e. The summed E-state index contributed by atoms with van der Waals surface area (Å²) in [4.78, 5) is 0. The number of thiophene rings is 1. The average molecular weight is 616 g/mol. The fourth-order valence-electron chi connectivity index (χ4n) is 7.61. The molecule has 0 aliphatic heterocycles. The third-order valence-corrected chi connectivity index (χ3v) is 10.7. The number of para-hydroxylation sites is 4. The molecular formula is C43H25N3S. The molecule has 10 aromatic rings. The van der Waals surface area contributed by atoms with E-state index in [4.69, 9.17) is 0 Å². The van der Waals surface area contributed by atoms with E-state index in [9.17, 15) is 5.26 Å². The molecule has 0 spiro atoms. The highest BCUT2D eigenvalue weighted by Crippen LogP contribution is 2.45. The number of nitrogens with zero attached hydrogens (tertiary/aromatic N) is 3. The van der Waals surface area contributed by atoms with Crippen molar-refractivity contribution in [1.82, 2.24) is 9.13 Å². The summed E-state index contributed by atoms with van der Waals surface area (Å²) in [5, 5.41) is 17.0. The van der Waals surface area contributed by atoms with E-state index in [1.165, 1.54) is 42.0 Å². The SMILES string of the molecule is N#Cc1ccc2c(c1)c1ccccc1n2-c1ccccc1-c1ccccc1-n1c2ccccc2c2ccc3sc4ccccc4c3c21. The molecule has 3 aromatic heterocycles. The van der Waals surface area contributed by atoms with Gasteiger partial charge in [-0.1, -0.05) is 97.1 Å². The second kappa shape index (κ2) is 9.92. The predicted molar refractivity (Wildman–Crippen MR) is 198 cm³/mol. The minimum atomic E-state index is 0.665. The molecule has 0 saturated heterocycles. The highest BCUT2D eigenvalue weighted by atomic mass is 32.1. The smallest absolute Gasteiger partial charge is 0.0991 e. The van der Waals surface area contributed by atoms with Gasteiger partial charge in [0.05, 0.1) is 45.1 Å². The number of rotatable bonds is 3. The van der Waals surface area contributed by atoms with E-state index in [0.717, 1.165) is 44.3 Å². The molecule has 47 heavy (non-hydrogen) atoms. The molecule has 7 aromatic carbocycles. The van der Waals surface area contributed by atoms with Crippen molar-refractivity contribution < 1.29 is 0 Å². The normalized spacial score (nSPS) is 11.8. The summed E-state index contributed by atoms with van der Waals surface area (Å²) in [6.45, 7) is 0. The Morgan fingerprint density at radius 3 is 1.77 bits per heavy atom. The first-order chi connectivity index (χ1) is 23.3. The maximum absolute atomic E-state index is 9.71. The Hall–Kier alpha value is -6.15. The van der Waals surface area contributed by atoms with Crippen LogP contribution in [0.4, 0.5) is 0 Å². The van der Waals surface area contributed by atoms with Gasteiger partial charge in [0, 0.05) is 52.8 Å². The molecule has 0 radical (unpaired) electrons. The van der Waals surface area contributed by atoms with Crippen molar-refractivity contribution in [1.29, 1.82) is 5.26 Å². The lowest BCUT2D eigenvalue weighted by molar-refractivity contribution is 1.16. The van der Waals surface area contributed by atoms with Crippen LogP contribution in [0, 0.1) is 11.3 Å². The van der Waals surface area contributed by atoms with E-state index in [2.05, 4.69) is 155 Å². The lowest BCUT2D eigenvalue weighted by atomic mass is 10.0. The molecule has 3 heterocycles. The molecule has 0 aliphatic rings. The first-order valence-corrected chi connectivity index (χ1v) is 16.6. The lowest BCUT2D eigenvalue weighted by Crippen LogP contribution is -2.01. The largest absolute Gasteiger partial charge is 0.309 e. The van der Waals surface area contributed by atoms with Crippen LogP contribution >= 0.6 is 11.3 Å². The Morgan fingerprint density at radius 1 is 0.447 bits per heavy atom. The summed E-state index contributed by atoms with van der Waals surface area (Å²) in [7, 11) is 0. The van der Waals surface area contributed by atoms with Gasteiger partial charge >= 0.3 is 0 Å². The van der Waals surface area contributed by atoms with Crippen molar-refractivity contribution in [3.05, 3.63) is 157 Å². The topological polar surface area (TPSA) is 33.6 Å². The molecule has 0 bridgehead atoms. The van der Waals surface area contributed by atoms with E-state index in [1.807, 2.05) is 23.5 Å². The van der Waals surface area contributed by atoms with E-state index >= 15 is 0 Å². The molecule has 0 amide bonds. The number of hydrogen-bond donors (Lipinski definition) is 0. The monoisotopic (exact) mass is 615 g/mol. The molecule has 0 atom stereocenters. The predicted octanol–water partition coefficient (Wildman–Crippen LogP) is 11.8. The number of nitriles is 1. The third-order valence-electron chi connectivity index (χ3n) is 9.56. The highest BCUT2D eigenvalue weighted by Gasteiger charge is 2.22. The molecule has 10 rings (SSSR count). The van der Waals surface area contributed by atoms with Gasteiger partial charge < -0.3 is 9.13 Å². The summed E-state index contributed by atoms with van der Waals surface area (Å²) in [5.74, 6) is 0. The molecule has 0 unspecified atom stereocenters. The van der Waals surface area contributed by atoms with Gasteiger partial charge in [-0.15, -0.1) is 11.3 Å². The number of hydrogen-bond acceptors (Lipinski definition) is 2. The van der Waals surface area contributed by atoms with Crippen LogP contribution in [0.15, 0.2) is 152 Å². The Labute approximate surface area is 274 Å². The van der Waals surface area contributed by atoms with Gasteiger partial charge in [0.1, 0.15) is 0 Å². The third kappa shape index (κ3) is 3.66. The van der Waals surface area contributed by atoms with Crippen molar-refractivity contribution in [3.8, 4) is 28.6 Å². The van der Waals surface area contributed by atoms with E-state index < -0.39 is 0 Å². The van der Waals surface area contributed by atoms with Crippen LogP contribution in [0.25, 0.3) is 86.3 Å². The van der Waals surface area contributed by atoms with Crippen LogP contribution in [0.5, 0.6) is 0 Å². The van der Waals surface area contributed by atoms with E-state index in [-0.39, 0.29) is 0 Å². The Morgan fingerprint density at radius 2 is 1.02 bits per heavy atom. The second-order valence-corrected chi connectivity index (χ2v) is 13.1. The maximum atomic E-state index is 9.71. The summed E-state index contributed by atoms with van der Waals surface area (Å²) in [6.07, 6.45) is 0. The molecule has 0 N–H and O–H groups in total. The van der Waals surface area contributed by atoms with Gasteiger partial charge in [0.2, 0.25) is 0 Å². The van der Waals surface area contributed by atoms with Gasteiger partial charge in [-0.3, -0.25) is 0 Å². The van der Waals surface area contributed by atoms with Crippen molar-refractivity contribution in [2.24, 2.45) is 0 Å². The highest BCUT2D eigenvalue weighted by molar-refractivity contribution is 7.26. The minimum absolute atomic E-state index is 0.665. The van der Waals surface area contributed by atoms with Crippen LogP contribution < -0.4 is 0 Å². The van der Waals surface area contributed by atoms with Crippen LogP contribution in [-0.4, -0.2) is 9.13 Å². The van der Waals surface area contributed by atoms with Crippen LogP contribution in [-0.2, 0) is 0 Å². The first-order valence-electron chi connectivity index (χ1n) is 15.8. The van der Waals surface area contributed by atoms with Crippen molar-refractivity contribution >= 4 is 75.1 Å². The molecule has 4 heteroatoms. The Kier molecular flexibility index (Phi) is 5.51. The van der Waals surface area contributed by atoms with Crippen LogP contribution in [0.3, 0.4) is 0 Å². The zero-order valence-corrected chi connectivity index (χ0v) is 26.0. The summed E-state index contributed by atoms with van der Waals surface area (Å²) < 4.78 is 7.44. The average Bonchev–Trinajstić information content (AvgIpc) is 3.79. The fraction of sp³-hybridized carbons (Fsp3) is 0. The van der Waals surface area contributed by atoms with Crippen molar-refractivity contribution in [2.75, 3.05) is 0 Å². The molecular weight excluding hydrogens is 591 g/mol. The van der Waals surface area contributed by atoms with Gasteiger partial charge in [-0.25, -0.2) is 0 Å². The summed E-state index contributed by atoms with van der Waals surface area (Å²) >= 11 is 1.86. The molecule has 0 saturated carbocycles. The molecule has 218 valence electrons. The van der Waals surface area contributed by atoms with Crippen molar-refractivity contribution in [3.63, 3.8) is 0 Å².